The number of nitriles is 1. The van der Waals surface area contributed by atoms with Gasteiger partial charge in [0.2, 0.25) is 0 Å². The van der Waals surface area contributed by atoms with Gasteiger partial charge in [-0.3, -0.25) is 0 Å². The maximum Gasteiger partial charge on any atom is 0.0991 e. The summed E-state index contributed by atoms with van der Waals surface area (Å²) >= 11 is 0. The quantitative estimate of drug-likeness (QED) is 0.648. The number of hydrogen-bond acceptors (Lipinski definition) is 2. The fourth-order valence-electron chi connectivity index (χ4n) is 1.64. The predicted octanol–water partition coefficient (Wildman–Crippen LogP) is 2.08. The van der Waals surface area contributed by atoms with Crippen LogP contribution in [0.5, 0.6) is 0 Å². The number of anilines is 1. The van der Waals surface area contributed by atoms with Crippen molar-refractivity contribution in [2.75, 3.05) is 18.0 Å². The molecule has 0 bridgehead atoms. The van der Waals surface area contributed by atoms with E-state index in [4.69, 9.17) is 5.26 Å². The highest BCUT2D eigenvalue weighted by Crippen LogP contribution is 2.24. The van der Waals surface area contributed by atoms with E-state index in [2.05, 4.69) is 17.9 Å². The van der Waals surface area contributed by atoms with Crippen LogP contribution in [0.4, 0.5) is 5.69 Å². The Hall–Kier alpha value is -1.49. The van der Waals surface area contributed by atoms with Crippen LogP contribution in [0.15, 0.2) is 18.2 Å². The van der Waals surface area contributed by atoms with Crippen LogP contribution < -0.4 is 4.90 Å². The third-order valence-corrected chi connectivity index (χ3v) is 2.52. The summed E-state index contributed by atoms with van der Waals surface area (Å²) in [5, 5.41) is 8.70. The standard InChI is InChI=1S/C11H12N2/c1-9-7-10(8-12)3-4-11(9)13-5-2-6-13/h3-4,7H,2,5-6H2,1H3. The zero-order valence-electron chi connectivity index (χ0n) is 7.75. The molecule has 0 spiro atoms. The van der Waals surface area contributed by atoms with Gasteiger partial charge < -0.3 is 4.90 Å². The Kier molecular flexibility index (Phi) is 1.94. The van der Waals surface area contributed by atoms with Gasteiger partial charge in [-0.25, -0.2) is 0 Å². The molecule has 2 nitrogen and oxygen atoms in total. The van der Waals surface area contributed by atoms with Crippen LogP contribution in [0.25, 0.3) is 0 Å². The van der Waals surface area contributed by atoms with Gasteiger partial charge in [0.05, 0.1) is 11.6 Å². The predicted molar refractivity (Wildman–Crippen MR) is 52.7 cm³/mol. The molecule has 1 fully saturated rings. The van der Waals surface area contributed by atoms with Crippen molar-refractivity contribution in [3.63, 3.8) is 0 Å². The molecule has 0 unspecified atom stereocenters. The van der Waals surface area contributed by atoms with Crippen LogP contribution in [-0.4, -0.2) is 13.1 Å². The second kappa shape index (κ2) is 3.10. The molecule has 1 saturated heterocycles. The molecule has 0 amide bonds. The van der Waals surface area contributed by atoms with Crippen molar-refractivity contribution in [2.24, 2.45) is 0 Å². The van der Waals surface area contributed by atoms with E-state index in [-0.39, 0.29) is 0 Å². The largest absolute Gasteiger partial charge is 0.371 e. The smallest absolute Gasteiger partial charge is 0.0991 e. The summed E-state index contributed by atoms with van der Waals surface area (Å²) in [7, 11) is 0. The Morgan fingerprint density at radius 3 is 2.62 bits per heavy atom. The summed E-state index contributed by atoms with van der Waals surface area (Å²) in [6, 6.07) is 8.04. The Morgan fingerprint density at radius 2 is 2.15 bits per heavy atom. The van der Waals surface area contributed by atoms with Crippen molar-refractivity contribution in [3.8, 4) is 6.07 Å². The van der Waals surface area contributed by atoms with Gasteiger partial charge in [-0.05, 0) is 37.1 Å². The fourth-order valence-corrected chi connectivity index (χ4v) is 1.64. The summed E-state index contributed by atoms with van der Waals surface area (Å²) in [6.45, 7) is 4.38. The van der Waals surface area contributed by atoms with Crippen LogP contribution in [-0.2, 0) is 0 Å². The molecular formula is C11H12N2. The highest BCUT2D eigenvalue weighted by atomic mass is 15.2. The molecule has 0 aliphatic carbocycles. The highest BCUT2D eigenvalue weighted by molar-refractivity contribution is 5.57. The van der Waals surface area contributed by atoms with Crippen LogP contribution in [0, 0.1) is 18.3 Å². The summed E-state index contributed by atoms with van der Waals surface area (Å²) < 4.78 is 0. The summed E-state index contributed by atoms with van der Waals surface area (Å²) in [4.78, 5) is 2.34. The highest BCUT2D eigenvalue weighted by Gasteiger charge is 2.15. The van der Waals surface area contributed by atoms with E-state index < -0.39 is 0 Å². The zero-order valence-corrected chi connectivity index (χ0v) is 7.75. The number of hydrogen-bond donors (Lipinski definition) is 0. The van der Waals surface area contributed by atoms with Crippen molar-refractivity contribution in [2.45, 2.75) is 13.3 Å². The van der Waals surface area contributed by atoms with Crippen molar-refractivity contribution >= 4 is 5.69 Å². The molecule has 1 aromatic carbocycles. The Labute approximate surface area is 78.4 Å². The van der Waals surface area contributed by atoms with Crippen molar-refractivity contribution in [3.05, 3.63) is 29.3 Å². The molecule has 66 valence electrons. The van der Waals surface area contributed by atoms with Gasteiger partial charge in [0.1, 0.15) is 0 Å². The molecule has 2 rings (SSSR count). The van der Waals surface area contributed by atoms with E-state index in [9.17, 15) is 0 Å². The first-order valence-corrected chi connectivity index (χ1v) is 4.57. The lowest BCUT2D eigenvalue weighted by Crippen LogP contribution is -2.37. The maximum absolute atomic E-state index is 8.70. The van der Waals surface area contributed by atoms with E-state index in [1.54, 1.807) is 0 Å². The van der Waals surface area contributed by atoms with Gasteiger partial charge in [-0.2, -0.15) is 5.26 Å². The van der Waals surface area contributed by atoms with E-state index in [1.165, 1.54) is 17.7 Å². The van der Waals surface area contributed by atoms with Crippen molar-refractivity contribution in [1.82, 2.24) is 0 Å². The molecule has 0 atom stereocenters. The van der Waals surface area contributed by atoms with E-state index >= 15 is 0 Å². The fraction of sp³-hybridized carbons (Fsp3) is 0.364. The molecule has 1 heterocycles. The summed E-state index contributed by atoms with van der Waals surface area (Å²) in [5.74, 6) is 0. The van der Waals surface area contributed by atoms with Gasteiger partial charge in [0.15, 0.2) is 0 Å². The normalized spacial score (nSPS) is 14.9. The van der Waals surface area contributed by atoms with Crippen LogP contribution in [0.1, 0.15) is 17.5 Å². The van der Waals surface area contributed by atoms with Gasteiger partial charge in [0, 0.05) is 18.8 Å². The van der Waals surface area contributed by atoms with Crippen LogP contribution >= 0.6 is 0 Å². The molecule has 13 heavy (non-hydrogen) atoms. The maximum atomic E-state index is 8.70. The van der Waals surface area contributed by atoms with Crippen molar-refractivity contribution < 1.29 is 0 Å². The SMILES string of the molecule is Cc1cc(C#N)ccc1N1CCC1. The minimum Gasteiger partial charge on any atom is -0.371 e. The second-order valence-electron chi connectivity index (χ2n) is 3.45. The zero-order chi connectivity index (χ0) is 9.26. The van der Waals surface area contributed by atoms with Gasteiger partial charge >= 0.3 is 0 Å². The van der Waals surface area contributed by atoms with Gasteiger partial charge in [0.25, 0.3) is 0 Å². The molecule has 0 N–H and O–H groups in total. The Balaban J connectivity index is 2.32. The monoisotopic (exact) mass is 172 g/mol. The molecular weight excluding hydrogens is 160 g/mol. The van der Waals surface area contributed by atoms with Crippen LogP contribution in [0.3, 0.4) is 0 Å². The lowest BCUT2D eigenvalue weighted by Gasteiger charge is -2.34. The Morgan fingerprint density at radius 1 is 1.38 bits per heavy atom. The Bertz CT molecular complexity index is 359. The van der Waals surface area contributed by atoms with E-state index in [0.29, 0.717) is 0 Å². The summed E-state index contributed by atoms with van der Waals surface area (Å²) in [6.07, 6.45) is 1.29. The molecule has 2 heteroatoms. The average molecular weight is 172 g/mol. The summed E-state index contributed by atoms with van der Waals surface area (Å²) in [5.41, 5.74) is 3.24. The minimum atomic E-state index is 0.752. The van der Waals surface area contributed by atoms with E-state index in [1.807, 2.05) is 18.2 Å². The first-order valence-electron chi connectivity index (χ1n) is 4.57. The first kappa shape index (κ1) is 8.12. The molecule has 0 saturated carbocycles. The lowest BCUT2D eigenvalue weighted by molar-refractivity contribution is 0.616. The van der Waals surface area contributed by atoms with Crippen molar-refractivity contribution in [1.29, 1.82) is 5.26 Å². The number of benzene rings is 1. The average Bonchev–Trinajstić information content (AvgIpc) is 2.05. The number of nitrogens with zero attached hydrogens (tertiary/aromatic N) is 2. The first-order chi connectivity index (χ1) is 6.31. The van der Waals surface area contributed by atoms with E-state index in [0.717, 1.165) is 18.7 Å². The third kappa shape index (κ3) is 1.38. The molecule has 0 radical (unpaired) electrons. The third-order valence-electron chi connectivity index (χ3n) is 2.52. The number of rotatable bonds is 1. The lowest BCUT2D eigenvalue weighted by atomic mass is 10.1. The van der Waals surface area contributed by atoms with Gasteiger partial charge in [-0.15, -0.1) is 0 Å². The molecule has 1 aliphatic heterocycles. The van der Waals surface area contributed by atoms with Gasteiger partial charge in [-0.1, -0.05) is 0 Å². The molecule has 1 aliphatic rings. The number of aryl methyl sites for hydroxylation is 1. The van der Waals surface area contributed by atoms with Crippen LogP contribution in [0.2, 0.25) is 0 Å². The minimum absolute atomic E-state index is 0.752. The second-order valence-corrected chi connectivity index (χ2v) is 3.45. The topological polar surface area (TPSA) is 27.0 Å². The molecule has 0 aromatic heterocycles. The molecule has 1 aromatic rings.